The highest BCUT2D eigenvalue weighted by atomic mass is 16.7. The minimum absolute atomic E-state index is 0.438. The largest absolute Gasteiger partial charge is 0.497 e. The van der Waals surface area contributed by atoms with Gasteiger partial charge in [0.2, 0.25) is 5.95 Å². The Balaban J connectivity index is 1.52. The van der Waals surface area contributed by atoms with Crippen molar-refractivity contribution >= 4 is 22.5 Å². The molecule has 0 atom stereocenters. The molecule has 164 valence electrons. The number of hydrogen-bond acceptors (Lipinski definition) is 7. The molecule has 4 heterocycles. The van der Waals surface area contributed by atoms with Gasteiger partial charge in [0.05, 0.1) is 25.8 Å². The Morgan fingerprint density at radius 2 is 1.81 bits per heavy atom. The number of hydrogen-bond donors (Lipinski definition) is 0. The van der Waals surface area contributed by atoms with E-state index in [-0.39, 0.29) is 0 Å². The molecule has 2 fully saturated rings. The van der Waals surface area contributed by atoms with Crippen molar-refractivity contribution in [3.8, 4) is 17.1 Å². The Kier molecular flexibility index (Phi) is 4.51. The van der Waals surface area contributed by atoms with Gasteiger partial charge >= 0.3 is 0 Å². The summed E-state index contributed by atoms with van der Waals surface area (Å²) in [6.45, 7) is 4.99. The van der Waals surface area contributed by atoms with Gasteiger partial charge in [-0.25, -0.2) is 9.38 Å². The first kappa shape index (κ1) is 19.5. The van der Waals surface area contributed by atoms with E-state index < -0.39 is 5.79 Å². The second kappa shape index (κ2) is 7.43. The summed E-state index contributed by atoms with van der Waals surface area (Å²) in [7, 11) is 1.67. The number of benzene rings is 2. The Bertz CT molecular complexity index is 1300. The predicted molar refractivity (Wildman–Crippen MR) is 121 cm³/mol. The molecule has 2 aromatic heterocycles. The second-order valence-electron chi connectivity index (χ2n) is 8.44. The molecule has 2 aliphatic heterocycles. The lowest BCUT2D eigenvalue weighted by Crippen LogP contribution is -2.46. The molecule has 8 nitrogen and oxygen atoms in total. The molecule has 0 amide bonds. The fourth-order valence-corrected chi connectivity index (χ4v) is 4.73. The number of anilines is 1. The number of aryl methyl sites for hydroxylation is 1. The molecule has 0 saturated carbocycles. The van der Waals surface area contributed by atoms with Gasteiger partial charge in [0.15, 0.2) is 17.3 Å². The van der Waals surface area contributed by atoms with Gasteiger partial charge in [-0.2, -0.15) is 0 Å². The molecule has 6 rings (SSSR count). The number of fused-ring (bicyclic) bond motifs is 3. The molecule has 8 heteroatoms. The first-order valence-electron chi connectivity index (χ1n) is 11.0. The average molecular weight is 431 g/mol. The van der Waals surface area contributed by atoms with Gasteiger partial charge < -0.3 is 19.1 Å². The van der Waals surface area contributed by atoms with Gasteiger partial charge in [0.25, 0.3) is 0 Å². The topological polar surface area (TPSA) is 74.0 Å². The maximum absolute atomic E-state index is 5.93. The van der Waals surface area contributed by atoms with Gasteiger partial charge in [-0.1, -0.05) is 23.8 Å². The summed E-state index contributed by atoms with van der Waals surface area (Å²) >= 11 is 0. The standard InChI is InChI=1S/C24H25N5O3/c1-16-6-7-20-19(14-16)22-27-26-21(17-4-3-5-18(15-17)30-2)29(22)23(25-20)28-10-8-24(9-11-28)31-12-13-32-24/h3-7,14-15H,8-13H2,1-2H3. The first-order chi connectivity index (χ1) is 15.7. The van der Waals surface area contributed by atoms with Crippen molar-refractivity contribution in [3.63, 3.8) is 0 Å². The molecule has 2 saturated heterocycles. The quantitative estimate of drug-likeness (QED) is 0.491. The third kappa shape index (κ3) is 3.10. The van der Waals surface area contributed by atoms with Gasteiger partial charge in [-0.05, 0) is 31.2 Å². The minimum Gasteiger partial charge on any atom is -0.497 e. The van der Waals surface area contributed by atoms with E-state index in [1.54, 1.807) is 7.11 Å². The number of methoxy groups -OCH3 is 1. The zero-order valence-corrected chi connectivity index (χ0v) is 18.2. The molecular weight excluding hydrogens is 406 g/mol. The fourth-order valence-electron chi connectivity index (χ4n) is 4.73. The summed E-state index contributed by atoms with van der Waals surface area (Å²) in [5, 5.41) is 10.2. The monoisotopic (exact) mass is 431 g/mol. The van der Waals surface area contributed by atoms with Gasteiger partial charge in [0, 0.05) is 36.9 Å². The van der Waals surface area contributed by atoms with Crippen LogP contribution < -0.4 is 9.64 Å². The van der Waals surface area contributed by atoms with Crippen LogP contribution in [0.25, 0.3) is 27.9 Å². The summed E-state index contributed by atoms with van der Waals surface area (Å²) in [5.41, 5.74) is 3.81. The SMILES string of the molecule is COc1cccc(-c2nnc3c4cc(C)ccc4nc(N4CCC5(CC4)OCCO5)n23)c1. The smallest absolute Gasteiger partial charge is 0.213 e. The van der Waals surface area contributed by atoms with E-state index >= 15 is 0 Å². The lowest BCUT2D eigenvalue weighted by atomic mass is 10.0. The van der Waals surface area contributed by atoms with Gasteiger partial charge in [-0.3, -0.25) is 0 Å². The normalized spacial score (nSPS) is 18.1. The van der Waals surface area contributed by atoms with E-state index in [2.05, 4.69) is 44.6 Å². The highest BCUT2D eigenvalue weighted by molar-refractivity contribution is 5.94. The molecular formula is C24H25N5O3. The van der Waals surface area contributed by atoms with E-state index in [4.69, 9.17) is 19.2 Å². The van der Waals surface area contributed by atoms with Crippen LogP contribution in [0.15, 0.2) is 42.5 Å². The van der Waals surface area contributed by atoms with Crippen LogP contribution in [0.2, 0.25) is 0 Å². The van der Waals surface area contributed by atoms with Gasteiger partial charge in [0.1, 0.15) is 5.75 Å². The highest BCUT2D eigenvalue weighted by Gasteiger charge is 2.40. The molecule has 32 heavy (non-hydrogen) atoms. The maximum Gasteiger partial charge on any atom is 0.213 e. The molecule has 4 aromatic rings. The van der Waals surface area contributed by atoms with E-state index in [9.17, 15) is 0 Å². The Morgan fingerprint density at radius 3 is 2.59 bits per heavy atom. The van der Waals surface area contributed by atoms with Gasteiger partial charge in [-0.15, -0.1) is 10.2 Å². The molecule has 1 spiro atoms. The fraction of sp³-hybridized carbons (Fsp3) is 0.375. The summed E-state index contributed by atoms with van der Waals surface area (Å²) in [5.74, 6) is 1.93. The maximum atomic E-state index is 5.93. The Labute approximate surface area is 185 Å². The second-order valence-corrected chi connectivity index (χ2v) is 8.44. The summed E-state index contributed by atoms with van der Waals surface area (Å²) < 4.78 is 19.4. The van der Waals surface area contributed by atoms with Crippen molar-refractivity contribution in [3.05, 3.63) is 48.0 Å². The van der Waals surface area contributed by atoms with Crippen molar-refractivity contribution in [1.29, 1.82) is 0 Å². The number of piperidine rings is 1. The molecule has 0 bridgehead atoms. The van der Waals surface area contributed by atoms with Crippen LogP contribution in [0, 0.1) is 6.92 Å². The van der Waals surface area contributed by atoms with Crippen LogP contribution in [-0.4, -0.2) is 58.8 Å². The molecule has 0 radical (unpaired) electrons. The van der Waals surface area contributed by atoms with Crippen LogP contribution in [-0.2, 0) is 9.47 Å². The van der Waals surface area contributed by atoms with Crippen LogP contribution in [0.1, 0.15) is 18.4 Å². The summed E-state index contributed by atoms with van der Waals surface area (Å²) in [6, 6.07) is 14.2. The Morgan fingerprint density at radius 1 is 1.00 bits per heavy atom. The van der Waals surface area contributed by atoms with Crippen molar-refractivity contribution < 1.29 is 14.2 Å². The van der Waals surface area contributed by atoms with E-state index in [0.717, 1.165) is 71.1 Å². The minimum atomic E-state index is -0.438. The molecule has 0 unspecified atom stereocenters. The number of aromatic nitrogens is 4. The number of rotatable bonds is 3. The van der Waals surface area contributed by atoms with Crippen LogP contribution in [0.5, 0.6) is 5.75 Å². The van der Waals surface area contributed by atoms with Crippen molar-refractivity contribution in [1.82, 2.24) is 19.6 Å². The zero-order valence-electron chi connectivity index (χ0n) is 18.2. The van der Waals surface area contributed by atoms with E-state index in [0.29, 0.717) is 13.2 Å². The number of ether oxygens (including phenoxy) is 3. The number of nitrogens with zero attached hydrogens (tertiary/aromatic N) is 5. The molecule has 0 aliphatic carbocycles. The van der Waals surface area contributed by atoms with Crippen LogP contribution >= 0.6 is 0 Å². The third-order valence-corrected chi connectivity index (χ3v) is 6.43. The van der Waals surface area contributed by atoms with Crippen molar-refractivity contribution in [2.75, 3.05) is 38.3 Å². The molecule has 0 N–H and O–H groups in total. The first-order valence-corrected chi connectivity index (χ1v) is 11.0. The van der Waals surface area contributed by atoms with Crippen LogP contribution in [0.3, 0.4) is 0 Å². The Hall–Kier alpha value is -3.23. The lowest BCUT2D eigenvalue weighted by Gasteiger charge is -2.38. The predicted octanol–water partition coefficient (Wildman–Crippen LogP) is 3.60. The summed E-state index contributed by atoms with van der Waals surface area (Å²) in [4.78, 5) is 7.37. The highest BCUT2D eigenvalue weighted by Crippen LogP contribution is 2.35. The van der Waals surface area contributed by atoms with Crippen LogP contribution in [0.4, 0.5) is 5.95 Å². The molecule has 2 aromatic carbocycles. The lowest BCUT2D eigenvalue weighted by molar-refractivity contribution is -0.169. The molecule has 2 aliphatic rings. The third-order valence-electron chi connectivity index (χ3n) is 6.43. The van der Waals surface area contributed by atoms with E-state index in [1.807, 2.05) is 24.3 Å². The van der Waals surface area contributed by atoms with Crippen molar-refractivity contribution in [2.45, 2.75) is 25.6 Å². The zero-order chi connectivity index (χ0) is 21.7. The average Bonchev–Trinajstić information content (AvgIpc) is 3.47. The van der Waals surface area contributed by atoms with Crippen molar-refractivity contribution in [2.24, 2.45) is 0 Å². The summed E-state index contributed by atoms with van der Waals surface area (Å²) in [6.07, 6.45) is 1.61. The van der Waals surface area contributed by atoms with E-state index in [1.165, 1.54) is 0 Å².